The van der Waals surface area contributed by atoms with Crippen LogP contribution in [0.3, 0.4) is 0 Å². The first-order valence-electron chi connectivity index (χ1n) is 17.4. The van der Waals surface area contributed by atoms with Crippen LogP contribution in [0.15, 0.2) is 140 Å². The van der Waals surface area contributed by atoms with E-state index in [9.17, 15) is 0 Å². The van der Waals surface area contributed by atoms with E-state index in [0.29, 0.717) is 54.4 Å². The second-order valence-electron chi connectivity index (χ2n) is 13.6. The van der Waals surface area contributed by atoms with Gasteiger partial charge >= 0.3 is 0 Å². The van der Waals surface area contributed by atoms with Crippen molar-refractivity contribution in [3.63, 3.8) is 0 Å². The Morgan fingerprint density at radius 3 is 1.17 bits per heavy atom. The average Bonchev–Trinajstić information content (AvgIpc) is 3.20. The summed E-state index contributed by atoms with van der Waals surface area (Å²) in [6, 6.07) is 47.3. The monoisotopic (exact) mass is 652 g/mol. The molecule has 0 aromatic heterocycles. The summed E-state index contributed by atoms with van der Waals surface area (Å²) in [6.45, 7) is 0. The van der Waals surface area contributed by atoms with Crippen LogP contribution in [0.2, 0.25) is 0 Å². The van der Waals surface area contributed by atoms with Crippen molar-refractivity contribution in [2.24, 2.45) is 0 Å². The molecule has 0 amide bonds. The lowest BCUT2D eigenvalue weighted by Gasteiger charge is -2.29. The lowest BCUT2D eigenvalue weighted by molar-refractivity contribution is 1.63. The van der Waals surface area contributed by atoms with E-state index in [2.05, 4.69) is 84.9 Å². The average molecular weight is 651 g/mol. The summed E-state index contributed by atoms with van der Waals surface area (Å²) in [6.07, 6.45) is 0. The van der Waals surface area contributed by atoms with E-state index >= 15 is 0 Å². The van der Waals surface area contributed by atoms with Crippen molar-refractivity contribution in [2.45, 2.75) is 0 Å². The maximum atomic E-state index is 7.35. The van der Waals surface area contributed by atoms with Gasteiger partial charge in [0.1, 0.15) is 54.9 Å². The van der Waals surface area contributed by atoms with Crippen LogP contribution in [0, 0.1) is 0 Å². The SMILES string of the molecule is [B]c1c([B])c([B])c2c(-c3ccc4ccccc4c3)c3c([B])c(-c4ccccc4)c([B])c([B])c3c(-c3ccc(-c4ccc5ccccc5c4)cc3)c2c1[B]. The van der Waals surface area contributed by atoms with Gasteiger partial charge in [-0.05, 0) is 99.7 Å². The molecule has 0 nitrogen and oxygen atoms in total. The van der Waals surface area contributed by atoms with Crippen LogP contribution in [-0.4, -0.2) is 54.9 Å². The zero-order valence-electron chi connectivity index (χ0n) is 28.8. The van der Waals surface area contributed by atoms with Gasteiger partial charge in [-0.2, -0.15) is 0 Å². The molecule has 0 aliphatic carbocycles. The molecule has 7 heteroatoms. The molecule has 228 valence electrons. The Kier molecular flexibility index (Phi) is 8.08. The molecule has 9 aromatic carbocycles. The quantitative estimate of drug-likeness (QED) is 0.194. The number of fused-ring (bicyclic) bond motifs is 4. The van der Waals surface area contributed by atoms with Crippen molar-refractivity contribution in [2.75, 3.05) is 0 Å². The second-order valence-corrected chi connectivity index (χ2v) is 13.6. The Hall–Kier alpha value is -5.53. The third kappa shape index (κ3) is 5.24. The maximum Gasteiger partial charge on any atom is 0.115 e. The van der Waals surface area contributed by atoms with Gasteiger partial charge in [0.05, 0.1) is 0 Å². The largest absolute Gasteiger partial charge is 0.115 e. The molecule has 0 N–H and O–H groups in total. The third-order valence-corrected chi connectivity index (χ3v) is 10.6. The van der Waals surface area contributed by atoms with E-state index in [1.165, 1.54) is 10.8 Å². The fraction of sp³-hybridized carbons (Fsp3) is 0. The first-order valence-corrected chi connectivity index (χ1v) is 17.4. The van der Waals surface area contributed by atoms with Gasteiger partial charge in [-0.15, -0.1) is 10.9 Å². The molecule has 0 bridgehead atoms. The predicted octanol–water partition coefficient (Wildman–Crippen LogP) is 4.52. The Morgan fingerprint density at radius 1 is 0.226 bits per heavy atom. The Labute approximate surface area is 318 Å². The minimum atomic E-state index is 0.202. The molecular weight excluding hydrogens is 628 g/mol. The fourth-order valence-corrected chi connectivity index (χ4v) is 7.96. The van der Waals surface area contributed by atoms with Crippen molar-refractivity contribution >= 4 is 136 Å². The Bertz CT molecular complexity index is 2950. The number of benzene rings is 9. The molecule has 0 atom stereocenters. The molecule has 0 saturated carbocycles. The van der Waals surface area contributed by atoms with E-state index in [4.69, 9.17) is 54.9 Å². The number of hydrogen-bond acceptors (Lipinski definition) is 0. The number of hydrogen-bond donors (Lipinski definition) is 0. The summed E-state index contributed by atoms with van der Waals surface area (Å²) < 4.78 is 0. The molecule has 9 rings (SSSR count). The van der Waals surface area contributed by atoms with E-state index in [0.717, 1.165) is 49.7 Å². The smallest absolute Gasteiger partial charge is 0.110 e. The first-order chi connectivity index (χ1) is 25.7. The molecule has 0 spiro atoms. The molecule has 0 aliphatic rings. The van der Waals surface area contributed by atoms with Crippen LogP contribution >= 0.6 is 0 Å². The second kappa shape index (κ2) is 12.9. The summed E-state index contributed by atoms with van der Waals surface area (Å²) in [5.41, 5.74) is 9.01. The number of rotatable bonds is 4. The van der Waals surface area contributed by atoms with E-state index in [1.54, 1.807) is 0 Å². The highest BCUT2D eigenvalue weighted by molar-refractivity contribution is 6.69. The summed E-state index contributed by atoms with van der Waals surface area (Å²) in [5, 5.41) is 7.10. The molecule has 0 heterocycles. The van der Waals surface area contributed by atoms with E-state index in [-0.39, 0.29) is 10.9 Å². The van der Waals surface area contributed by atoms with Crippen molar-refractivity contribution < 1.29 is 0 Å². The van der Waals surface area contributed by atoms with Crippen LogP contribution in [0.5, 0.6) is 0 Å². The van der Waals surface area contributed by atoms with E-state index in [1.807, 2.05) is 54.6 Å². The highest BCUT2D eigenvalue weighted by Gasteiger charge is 2.25. The standard InChI is InChI=1S/C46H23B7/c47-40-35(27-10-2-1-3-11-27)41(48)42(49)37-33(28-18-14-26(15-19-28)31-20-16-24-8-4-6-12-29(24)22-31)38-39(44(51)46(53)45(52)43(38)50)34(36(37)40)32-21-17-25-9-5-7-13-30(25)23-32/h1-23H. The normalized spacial score (nSPS) is 11.5. The molecule has 0 saturated heterocycles. The lowest BCUT2D eigenvalue weighted by atomic mass is 9.60. The molecule has 53 heavy (non-hydrogen) atoms. The van der Waals surface area contributed by atoms with Crippen LogP contribution in [-0.2, 0) is 0 Å². The summed E-state index contributed by atoms with van der Waals surface area (Å²) >= 11 is 0. The van der Waals surface area contributed by atoms with Crippen molar-refractivity contribution in [3.8, 4) is 44.5 Å². The Morgan fingerprint density at radius 2 is 0.604 bits per heavy atom. The highest BCUT2D eigenvalue weighted by Crippen LogP contribution is 2.42. The Balaban J connectivity index is 1.44. The van der Waals surface area contributed by atoms with Crippen LogP contribution in [0.25, 0.3) is 87.6 Å². The molecule has 14 radical (unpaired) electrons. The predicted molar refractivity (Wildman–Crippen MR) is 236 cm³/mol. The lowest BCUT2D eigenvalue weighted by Crippen LogP contribution is -2.48. The van der Waals surface area contributed by atoms with Gasteiger partial charge in [0, 0.05) is 0 Å². The third-order valence-electron chi connectivity index (χ3n) is 10.6. The van der Waals surface area contributed by atoms with Gasteiger partial charge < -0.3 is 0 Å². The van der Waals surface area contributed by atoms with Crippen molar-refractivity contribution in [3.05, 3.63) is 140 Å². The van der Waals surface area contributed by atoms with Crippen LogP contribution < -0.4 is 38.2 Å². The highest BCUT2D eigenvalue weighted by atomic mass is 14.3. The summed E-state index contributed by atoms with van der Waals surface area (Å²) in [7, 11) is 48.9. The topological polar surface area (TPSA) is 0 Å². The van der Waals surface area contributed by atoms with Gasteiger partial charge in [-0.1, -0.05) is 155 Å². The molecule has 9 aromatic rings. The maximum absolute atomic E-state index is 7.35. The first kappa shape index (κ1) is 33.3. The van der Waals surface area contributed by atoms with Gasteiger partial charge in [0.15, 0.2) is 0 Å². The van der Waals surface area contributed by atoms with Crippen molar-refractivity contribution in [1.82, 2.24) is 0 Å². The molecule has 0 aliphatic heterocycles. The van der Waals surface area contributed by atoms with Crippen LogP contribution in [0.1, 0.15) is 0 Å². The molecule has 0 unspecified atom stereocenters. The van der Waals surface area contributed by atoms with Crippen molar-refractivity contribution in [1.29, 1.82) is 0 Å². The van der Waals surface area contributed by atoms with E-state index < -0.39 is 0 Å². The molecule has 0 fully saturated rings. The fourth-order valence-electron chi connectivity index (χ4n) is 7.96. The summed E-state index contributed by atoms with van der Waals surface area (Å²) in [5.74, 6) is 0. The zero-order valence-corrected chi connectivity index (χ0v) is 28.8. The minimum absolute atomic E-state index is 0.202. The van der Waals surface area contributed by atoms with Gasteiger partial charge in [-0.25, -0.2) is 0 Å². The van der Waals surface area contributed by atoms with Gasteiger partial charge in [0.2, 0.25) is 0 Å². The zero-order chi connectivity index (χ0) is 36.5. The molecular formula is C46H23B7. The van der Waals surface area contributed by atoms with Crippen LogP contribution in [0.4, 0.5) is 0 Å². The summed E-state index contributed by atoms with van der Waals surface area (Å²) in [4.78, 5) is 0. The van der Waals surface area contributed by atoms with Gasteiger partial charge in [-0.3, -0.25) is 0 Å². The van der Waals surface area contributed by atoms with Gasteiger partial charge in [0.25, 0.3) is 0 Å². The minimum Gasteiger partial charge on any atom is -0.110 e.